The Hall–Kier alpha value is -2.80. The Labute approximate surface area is 142 Å². The lowest BCUT2D eigenvalue weighted by Crippen LogP contribution is -1.96. The highest BCUT2D eigenvalue weighted by Gasteiger charge is 2.11. The molecule has 4 rings (SSSR count). The highest BCUT2D eigenvalue weighted by atomic mass is 16.3. The Morgan fingerprint density at radius 3 is 1.92 bits per heavy atom. The summed E-state index contributed by atoms with van der Waals surface area (Å²) in [5.41, 5.74) is 4.69. The van der Waals surface area contributed by atoms with Crippen LogP contribution in [0.15, 0.2) is 66.7 Å². The van der Waals surface area contributed by atoms with Crippen LogP contribution in [0.2, 0.25) is 0 Å². The van der Waals surface area contributed by atoms with Gasteiger partial charge in [-0.2, -0.15) is 0 Å². The van der Waals surface area contributed by atoms with E-state index in [-0.39, 0.29) is 0 Å². The van der Waals surface area contributed by atoms with Gasteiger partial charge in [0.15, 0.2) is 0 Å². The summed E-state index contributed by atoms with van der Waals surface area (Å²) >= 11 is 0. The van der Waals surface area contributed by atoms with Gasteiger partial charge in [0.25, 0.3) is 0 Å². The van der Waals surface area contributed by atoms with Crippen LogP contribution in [0.3, 0.4) is 0 Å². The van der Waals surface area contributed by atoms with Gasteiger partial charge in [0, 0.05) is 0 Å². The SMILES string of the molecule is Cc1cc(Cc2c3ccccc3cc3ccccc23)c(C)cc1O. The van der Waals surface area contributed by atoms with Crippen LogP contribution >= 0.6 is 0 Å². The van der Waals surface area contributed by atoms with Crippen LogP contribution in [0.25, 0.3) is 21.5 Å². The van der Waals surface area contributed by atoms with Gasteiger partial charge in [0.1, 0.15) is 5.75 Å². The smallest absolute Gasteiger partial charge is 0.118 e. The molecule has 1 N–H and O–H groups in total. The minimum Gasteiger partial charge on any atom is -0.508 e. The van der Waals surface area contributed by atoms with E-state index in [2.05, 4.69) is 67.6 Å². The zero-order chi connectivity index (χ0) is 16.7. The van der Waals surface area contributed by atoms with Crippen molar-refractivity contribution in [2.75, 3.05) is 0 Å². The minimum atomic E-state index is 0.374. The zero-order valence-electron chi connectivity index (χ0n) is 14.0. The quantitative estimate of drug-likeness (QED) is 0.456. The lowest BCUT2D eigenvalue weighted by Gasteiger charge is -2.14. The Balaban J connectivity index is 1.99. The maximum absolute atomic E-state index is 9.93. The minimum absolute atomic E-state index is 0.374. The first kappa shape index (κ1) is 14.8. The molecule has 0 bridgehead atoms. The monoisotopic (exact) mass is 312 g/mol. The van der Waals surface area contributed by atoms with E-state index in [0.717, 1.165) is 17.5 Å². The molecule has 1 heteroatoms. The molecule has 4 aromatic rings. The molecule has 0 spiro atoms. The second kappa shape index (κ2) is 5.68. The molecule has 0 heterocycles. The Morgan fingerprint density at radius 1 is 0.708 bits per heavy atom. The van der Waals surface area contributed by atoms with Crippen molar-refractivity contribution in [2.45, 2.75) is 20.3 Å². The second-order valence-corrected chi connectivity index (χ2v) is 6.54. The first-order valence-electron chi connectivity index (χ1n) is 8.32. The van der Waals surface area contributed by atoms with E-state index in [9.17, 15) is 5.11 Å². The van der Waals surface area contributed by atoms with Gasteiger partial charge in [-0.3, -0.25) is 0 Å². The molecule has 0 fully saturated rings. The van der Waals surface area contributed by atoms with Crippen molar-refractivity contribution in [1.29, 1.82) is 0 Å². The molecule has 0 aromatic heterocycles. The van der Waals surface area contributed by atoms with Gasteiger partial charge in [-0.25, -0.2) is 0 Å². The maximum atomic E-state index is 9.93. The van der Waals surface area contributed by atoms with E-state index in [1.165, 1.54) is 32.7 Å². The average Bonchev–Trinajstić information content (AvgIpc) is 2.59. The van der Waals surface area contributed by atoms with Crippen molar-refractivity contribution in [1.82, 2.24) is 0 Å². The van der Waals surface area contributed by atoms with Crippen molar-refractivity contribution in [3.05, 3.63) is 89.0 Å². The third kappa shape index (κ3) is 2.43. The molecule has 0 aliphatic carbocycles. The summed E-state index contributed by atoms with van der Waals surface area (Å²) in [7, 11) is 0. The molecule has 0 atom stereocenters. The molecule has 0 saturated heterocycles. The molecule has 0 amide bonds. The third-order valence-corrected chi connectivity index (χ3v) is 4.90. The van der Waals surface area contributed by atoms with Crippen molar-refractivity contribution in [2.24, 2.45) is 0 Å². The van der Waals surface area contributed by atoms with Crippen molar-refractivity contribution in [3.8, 4) is 5.75 Å². The number of fused-ring (bicyclic) bond motifs is 2. The molecular formula is C23H20O. The summed E-state index contributed by atoms with van der Waals surface area (Å²) < 4.78 is 0. The topological polar surface area (TPSA) is 20.2 Å². The van der Waals surface area contributed by atoms with E-state index in [1.807, 2.05) is 13.0 Å². The maximum Gasteiger partial charge on any atom is 0.118 e. The van der Waals surface area contributed by atoms with Crippen LogP contribution in [0, 0.1) is 13.8 Å². The fourth-order valence-electron chi connectivity index (χ4n) is 3.54. The number of hydrogen-bond donors (Lipinski definition) is 1. The number of aryl methyl sites for hydroxylation is 2. The molecule has 24 heavy (non-hydrogen) atoms. The van der Waals surface area contributed by atoms with Gasteiger partial charge in [0.05, 0.1) is 0 Å². The van der Waals surface area contributed by atoms with Crippen LogP contribution < -0.4 is 0 Å². The molecule has 0 aliphatic rings. The summed E-state index contributed by atoms with van der Waals surface area (Å²) in [5.74, 6) is 0.374. The number of hydrogen-bond acceptors (Lipinski definition) is 1. The fourth-order valence-corrected chi connectivity index (χ4v) is 3.54. The second-order valence-electron chi connectivity index (χ2n) is 6.54. The average molecular weight is 312 g/mol. The van der Waals surface area contributed by atoms with E-state index in [1.54, 1.807) is 0 Å². The zero-order valence-corrected chi connectivity index (χ0v) is 14.0. The molecule has 0 radical (unpaired) electrons. The predicted molar refractivity (Wildman–Crippen MR) is 102 cm³/mol. The predicted octanol–water partition coefficient (Wildman–Crippen LogP) is 5.91. The summed E-state index contributed by atoms with van der Waals surface area (Å²) in [4.78, 5) is 0. The number of benzene rings is 4. The molecule has 118 valence electrons. The largest absolute Gasteiger partial charge is 0.508 e. The van der Waals surface area contributed by atoms with E-state index < -0.39 is 0 Å². The van der Waals surface area contributed by atoms with E-state index in [0.29, 0.717) is 5.75 Å². The van der Waals surface area contributed by atoms with Gasteiger partial charge in [-0.1, -0.05) is 54.6 Å². The number of phenols is 1. The van der Waals surface area contributed by atoms with Gasteiger partial charge in [-0.15, -0.1) is 0 Å². The van der Waals surface area contributed by atoms with E-state index >= 15 is 0 Å². The lowest BCUT2D eigenvalue weighted by atomic mass is 9.90. The summed E-state index contributed by atoms with van der Waals surface area (Å²) in [6.07, 6.45) is 0.870. The van der Waals surface area contributed by atoms with Crippen molar-refractivity contribution >= 4 is 21.5 Å². The van der Waals surface area contributed by atoms with Crippen LogP contribution in [-0.4, -0.2) is 5.11 Å². The Morgan fingerprint density at radius 2 is 1.29 bits per heavy atom. The normalized spacial score (nSPS) is 11.2. The molecule has 0 unspecified atom stereocenters. The summed E-state index contributed by atoms with van der Waals surface area (Å²) in [6, 6.07) is 23.4. The Bertz CT molecular complexity index is 1010. The van der Waals surface area contributed by atoms with Crippen LogP contribution in [0.1, 0.15) is 22.3 Å². The van der Waals surface area contributed by atoms with Crippen LogP contribution in [-0.2, 0) is 6.42 Å². The summed E-state index contributed by atoms with van der Waals surface area (Å²) in [5, 5.41) is 15.1. The summed E-state index contributed by atoms with van der Waals surface area (Å²) in [6.45, 7) is 4.03. The van der Waals surface area contributed by atoms with Crippen molar-refractivity contribution < 1.29 is 5.11 Å². The van der Waals surface area contributed by atoms with Gasteiger partial charge < -0.3 is 5.11 Å². The standard InChI is InChI=1S/C23H20O/c1-15-12-23(24)16(2)11-19(15)14-22-20-9-5-3-7-17(20)13-18-8-4-6-10-21(18)22/h3-13,24H,14H2,1-2H3. The van der Waals surface area contributed by atoms with Gasteiger partial charge in [0.2, 0.25) is 0 Å². The fraction of sp³-hybridized carbons (Fsp3) is 0.130. The Kier molecular flexibility index (Phi) is 3.50. The highest BCUT2D eigenvalue weighted by Crippen LogP contribution is 2.32. The lowest BCUT2D eigenvalue weighted by molar-refractivity contribution is 0.470. The third-order valence-electron chi connectivity index (χ3n) is 4.90. The molecule has 4 aromatic carbocycles. The molecule has 1 nitrogen and oxygen atoms in total. The number of phenolic OH excluding ortho intramolecular Hbond substituents is 1. The number of rotatable bonds is 2. The van der Waals surface area contributed by atoms with Gasteiger partial charge >= 0.3 is 0 Å². The number of aromatic hydroxyl groups is 1. The molecule has 0 saturated carbocycles. The van der Waals surface area contributed by atoms with Crippen molar-refractivity contribution in [3.63, 3.8) is 0 Å². The first-order valence-corrected chi connectivity index (χ1v) is 8.32. The highest BCUT2D eigenvalue weighted by molar-refractivity contribution is 6.02. The molecular weight excluding hydrogens is 292 g/mol. The van der Waals surface area contributed by atoms with E-state index in [4.69, 9.17) is 0 Å². The molecule has 0 aliphatic heterocycles. The van der Waals surface area contributed by atoms with Gasteiger partial charge in [-0.05, 0) is 76.2 Å². The van der Waals surface area contributed by atoms with Crippen LogP contribution in [0.4, 0.5) is 0 Å². The van der Waals surface area contributed by atoms with Crippen LogP contribution in [0.5, 0.6) is 5.75 Å². The first-order chi connectivity index (χ1) is 11.6.